The van der Waals surface area contributed by atoms with Crippen LogP contribution in [0.15, 0.2) is 36.7 Å². The summed E-state index contributed by atoms with van der Waals surface area (Å²) >= 11 is 0. The summed E-state index contributed by atoms with van der Waals surface area (Å²) in [6.45, 7) is 4.40. The second-order valence-corrected chi connectivity index (χ2v) is 3.91. The van der Waals surface area contributed by atoms with Gasteiger partial charge in [-0.25, -0.2) is 4.98 Å². The van der Waals surface area contributed by atoms with E-state index >= 15 is 0 Å². The van der Waals surface area contributed by atoms with Crippen molar-refractivity contribution in [3.63, 3.8) is 0 Å². The number of aromatic nitrogens is 2. The summed E-state index contributed by atoms with van der Waals surface area (Å²) in [4.78, 5) is 4.27. The molecule has 0 saturated heterocycles. The van der Waals surface area contributed by atoms with Crippen molar-refractivity contribution in [1.82, 2.24) is 9.55 Å². The van der Waals surface area contributed by atoms with Gasteiger partial charge in [0.15, 0.2) is 0 Å². The van der Waals surface area contributed by atoms with Gasteiger partial charge in [0.25, 0.3) is 0 Å². The third-order valence-corrected chi connectivity index (χ3v) is 2.77. The lowest BCUT2D eigenvalue weighted by Crippen LogP contribution is -2.06. The van der Waals surface area contributed by atoms with E-state index in [4.69, 9.17) is 5.73 Å². The Balaban J connectivity index is 1.97. The Morgan fingerprint density at radius 3 is 2.59 bits per heavy atom. The zero-order valence-corrected chi connectivity index (χ0v) is 10.1. The number of anilines is 1. The maximum absolute atomic E-state index is 5.56. The molecule has 1 heterocycles. The number of aryl methyl sites for hydroxylation is 1. The van der Waals surface area contributed by atoms with Crippen molar-refractivity contribution in [3.05, 3.63) is 47.8 Å². The molecule has 0 unspecified atom stereocenters. The van der Waals surface area contributed by atoms with Crippen LogP contribution < -0.4 is 11.1 Å². The molecular weight excluding hydrogens is 212 g/mol. The Labute approximate surface area is 101 Å². The smallest absolute Gasteiger partial charge is 0.203 e. The molecule has 2 aromatic rings. The van der Waals surface area contributed by atoms with Gasteiger partial charge in [0.05, 0.1) is 0 Å². The first kappa shape index (κ1) is 11.7. The maximum atomic E-state index is 5.56. The predicted molar refractivity (Wildman–Crippen MR) is 69.6 cm³/mol. The summed E-state index contributed by atoms with van der Waals surface area (Å²) in [6.07, 6.45) is 3.78. The lowest BCUT2D eigenvalue weighted by Gasteiger charge is -2.08. The molecule has 0 bridgehead atoms. The van der Waals surface area contributed by atoms with E-state index in [9.17, 15) is 0 Å². The zero-order valence-electron chi connectivity index (χ0n) is 10.1. The highest BCUT2D eigenvalue weighted by atomic mass is 15.2. The summed E-state index contributed by atoms with van der Waals surface area (Å²) in [5.41, 5.74) is 7.95. The number of imidazole rings is 1. The second-order valence-electron chi connectivity index (χ2n) is 3.91. The number of rotatable bonds is 5. The minimum atomic E-state index is 0.591. The molecule has 2 rings (SSSR count). The van der Waals surface area contributed by atoms with Crippen LogP contribution in [0.5, 0.6) is 0 Å². The Kier molecular flexibility index (Phi) is 3.77. The summed E-state index contributed by atoms with van der Waals surface area (Å²) in [5, 5.41) is 3.32. The minimum absolute atomic E-state index is 0.591. The fourth-order valence-electron chi connectivity index (χ4n) is 1.71. The quantitative estimate of drug-likeness (QED) is 0.825. The van der Waals surface area contributed by atoms with Gasteiger partial charge in [-0.05, 0) is 18.1 Å². The van der Waals surface area contributed by atoms with Crippen LogP contribution in [0, 0.1) is 0 Å². The monoisotopic (exact) mass is 230 g/mol. The fraction of sp³-hybridized carbons (Fsp3) is 0.308. The molecule has 0 spiro atoms. The number of nitrogens with two attached hydrogens (primary N) is 1. The molecule has 3 N–H and O–H groups in total. The lowest BCUT2D eigenvalue weighted by molar-refractivity contribution is 0.763. The van der Waals surface area contributed by atoms with Crippen LogP contribution in [0.2, 0.25) is 0 Å². The van der Waals surface area contributed by atoms with Gasteiger partial charge >= 0.3 is 0 Å². The van der Waals surface area contributed by atoms with Gasteiger partial charge in [-0.3, -0.25) is 0 Å². The van der Waals surface area contributed by atoms with Crippen LogP contribution in [0.1, 0.15) is 18.1 Å². The van der Waals surface area contributed by atoms with E-state index in [1.807, 2.05) is 12.4 Å². The molecule has 0 aliphatic carbocycles. The zero-order chi connectivity index (χ0) is 12.1. The first-order valence-corrected chi connectivity index (χ1v) is 5.86. The average Bonchev–Trinajstić information content (AvgIpc) is 2.84. The Hall–Kier alpha value is -1.81. The molecule has 4 nitrogen and oxygen atoms in total. The van der Waals surface area contributed by atoms with Crippen molar-refractivity contribution < 1.29 is 0 Å². The third-order valence-electron chi connectivity index (χ3n) is 2.77. The molecule has 4 heteroatoms. The SMILES string of the molecule is CCn1ccnc1NCc1ccc(CN)cc1. The molecule has 1 aromatic carbocycles. The standard InChI is InChI=1S/C13H18N4/c1-2-17-8-7-15-13(17)16-10-12-5-3-11(9-14)4-6-12/h3-8H,2,9-10,14H2,1H3,(H,15,16). The van der Waals surface area contributed by atoms with Crippen molar-refractivity contribution >= 4 is 5.95 Å². The van der Waals surface area contributed by atoms with E-state index in [0.717, 1.165) is 24.6 Å². The largest absolute Gasteiger partial charge is 0.352 e. The first-order chi connectivity index (χ1) is 8.33. The number of hydrogen-bond donors (Lipinski definition) is 2. The lowest BCUT2D eigenvalue weighted by atomic mass is 10.1. The van der Waals surface area contributed by atoms with Crippen molar-refractivity contribution in [2.24, 2.45) is 5.73 Å². The molecule has 0 saturated carbocycles. The Morgan fingerprint density at radius 1 is 1.24 bits per heavy atom. The molecule has 17 heavy (non-hydrogen) atoms. The molecular formula is C13H18N4. The molecule has 0 amide bonds. The van der Waals surface area contributed by atoms with Crippen LogP contribution in [-0.4, -0.2) is 9.55 Å². The van der Waals surface area contributed by atoms with Crippen LogP contribution in [-0.2, 0) is 19.6 Å². The van der Waals surface area contributed by atoms with E-state index in [-0.39, 0.29) is 0 Å². The molecule has 0 aliphatic rings. The van der Waals surface area contributed by atoms with Crippen molar-refractivity contribution in [2.75, 3.05) is 5.32 Å². The van der Waals surface area contributed by atoms with E-state index in [1.165, 1.54) is 5.56 Å². The van der Waals surface area contributed by atoms with Gasteiger partial charge in [0.1, 0.15) is 0 Å². The van der Waals surface area contributed by atoms with Crippen molar-refractivity contribution in [3.8, 4) is 0 Å². The normalized spacial score (nSPS) is 10.5. The van der Waals surface area contributed by atoms with E-state index < -0.39 is 0 Å². The van der Waals surface area contributed by atoms with Crippen molar-refractivity contribution in [2.45, 2.75) is 26.6 Å². The molecule has 0 aliphatic heterocycles. The van der Waals surface area contributed by atoms with Crippen molar-refractivity contribution in [1.29, 1.82) is 0 Å². The minimum Gasteiger partial charge on any atom is -0.352 e. The molecule has 0 radical (unpaired) electrons. The molecule has 0 atom stereocenters. The first-order valence-electron chi connectivity index (χ1n) is 5.86. The van der Waals surface area contributed by atoms with Gasteiger partial charge in [-0.1, -0.05) is 24.3 Å². The summed E-state index contributed by atoms with van der Waals surface area (Å²) in [7, 11) is 0. The highest BCUT2D eigenvalue weighted by molar-refractivity contribution is 5.30. The highest BCUT2D eigenvalue weighted by Crippen LogP contribution is 2.08. The van der Waals surface area contributed by atoms with Crippen LogP contribution in [0.3, 0.4) is 0 Å². The maximum Gasteiger partial charge on any atom is 0.203 e. The van der Waals surface area contributed by atoms with Crippen LogP contribution >= 0.6 is 0 Å². The van der Waals surface area contributed by atoms with E-state index in [2.05, 4.69) is 46.1 Å². The Morgan fingerprint density at radius 2 is 1.94 bits per heavy atom. The van der Waals surface area contributed by atoms with Crippen LogP contribution in [0.4, 0.5) is 5.95 Å². The van der Waals surface area contributed by atoms with Gasteiger partial charge < -0.3 is 15.6 Å². The molecule has 0 fully saturated rings. The molecule has 90 valence electrons. The van der Waals surface area contributed by atoms with Crippen LogP contribution in [0.25, 0.3) is 0 Å². The highest BCUT2D eigenvalue weighted by Gasteiger charge is 2.00. The molecule has 1 aromatic heterocycles. The van der Waals surface area contributed by atoms with Gasteiger partial charge in [0.2, 0.25) is 5.95 Å². The van der Waals surface area contributed by atoms with Gasteiger partial charge in [0, 0.05) is 32.0 Å². The van der Waals surface area contributed by atoms with E-state index in [0.29, 0.717) is 6.54 Å². The predicted octanol–water partition coefficient (Wildman–Crippen LogP) is 1.97. The third kappa shape index (κ3) is 2.85. The summed E-state index contributed by atoms with van der Waals surface area (Å²) < 4.78 is 2.08. The second kappa shape index (κ2) is 5.50. The number of nitrogens with one attached hydrogen (secondary N) is 1. The topological polar surface area (TPSA) is 55.9 Å². The average molecular weight is 230 g/mol. The number of benzene rings is 1. The van der Waals surface area contributed by atoms with Gasteiger partial charge in [-0.2, -0.15) is 0 Å². The number of hydrogen-bond acceptors (Lipinski definition) is 3. The summed E-state index contributed by atoms with van der Waals surface area (Å²) in [6, 6.07) is 8.30. The summed E-state index contributed by atoms with van der Waals surface area (Å²) in [5.74, 6) is 0.912. The Bertz CT molecular complexity index is 459. The fourth-order valence-corrected chi connectivity index (χ4v) is 1.71. The number of nitrogens with zero attached hydrogens (tertiary/aromatic N) is 2. The van der Waals surface area contributed by atoms with Gasteiger partial charge in [-0.15, -0.1) is 0 Å². The van der Waals surface area contributed by atoms with E-state index in [1.54, 1.807) is 0 Å².